The summed E-state index contributed by atoms with van der Waals surface area (Å²) in [6, 6.07) is 105. The van der Waals surface area contributed by atoms with E-state index in [1.807, 2.05) is 0 Å². The molecule has 1 aliphatic rings. The summed E-state index contributed by atoms with van der Waals surface area (Å²) < 4.78 is 4.51. The first-order valence-electron chi connectivity index (χ1n) is 26.0. The monoisotopic (exact) mass is 1000 g/mol. The SMILES string of the molecule is c1ccc(-c2cccc(-c3nc(-n4c5ccccc5c5ccccc54)nc(-n4c5ccccc5c5ccc([Si]6(c7ccccc7)c7ccccc7[Si](c7ccccc7)(c7ccccc7)c7ccccc76)cc54)n3)c2)cc1. The van der Waals surface area contributed by atoms with Crippen LogP contribution in [-0.4, -0.2) is 40.2 Å². The Bertz CT molecular complexity index is 4390. The Kier molecular flexibility index (Phi) is 10.2. The van der Waals surface area contributed by atoms with E-state index in [0.29, 0.717) is 17.7 Å². The lowest BCUT2D eigenvalue weighted by Crippen LogP contribution is -2.93. The van der Waals surface area contributed by atoms with Gasteiger partial charge in [0.25, 0.3) is 0 Å². The number of fused-ring (bicyclic) bond motifs is 8. The van der Waals surface area contributed by atoms with E-state index in [9.17, 15) is 0 Å². The molecular weight excluding hydrogens is 955 g/mol. The van der Waals surface area contributed by atoms with Crippen LogP contribution in [0, 0.1) is 0 Å². The predicted molar refractivity (Wildman–Crippen MR) is 320 cm³/mol. The van der Waals surface area contributed by atoms with Crippen molar-refractivity contribution in [1.29, 1.82) is 0 Å². The maximum Gasteiger partial charge on any atom is 0.240 e. The Morgan fingerprint density at radius 3 is 1.07 bits per heavy atom. The average molecular weight is 1000 g/mol. The number of benzene rings is 11. The fourth-order valence-electron chi connectivity index (χ4n) is 12.9. The first kappa shape index (κ1) is 44.0. The smallest absolute Gasteiger partial charge is 0.240 e. The standard InChI is InChI=1S/C69H47N5Si2/c1-5-24-48(25-6-1)49-26-23-27-50(46-49)67-70-68(73-59-37-16-13-34-55(59)56-35-14-17-38-60(56)73)72-69(71-67)74-61-39-18-15-36-57(61)58-45-44-54(47-62(58)74)76(53-32-11-4-12-33-53)65-42-21-19-40-63(65)75(51-28-7-2-8-29-51,52-30-9-3-10-31-52)64-41-20-22-43-66(64)76/h1-47H. The number of hydrogen-bond acceptors (Lipinski definition) is 3. The summed E-state index contributed by atoms with van der Waals surface area (Å²) in [6.07, 6.45) is 0. The summed E-state index contributed by atoms with van der Waals surface area (Å²) in [5.74, 6) is 1.70. The van der Waals surface area contributed by atoms with Gasteiger partial charge in [0, 0.05) is 27.1 Å². The van der Waals surface area contributed by atoms with E-state index in [0.717, 1.165) is 60.3 Å². The molecule has 0 radical (unpaired) electrons. The summed E-state index contributed by atoms with van der Waals surface area (Å²) in [5, 5.41) is 15.7. The molecule has 4 heterocycles. The van der Waals surface area contributed by atoms with Crippen molar-refractivity contribution in [2.75, 3.05) is 0 Å². The van der Waals surface area contributed by atoms with Gasteiger partial charge in [-0.1, -0.05) is 255 Å². The van der Waals surface area contributed by atoms with E-state index >= 15 is 0 Å². The van der Waals surface area contributed by atoms with Crippen molar-refractivity contribution in [3.05, 3.63) is 285 Å². The van der Waals surface area contributed by atoms with Crippen LogP contribution in [0.4, 0.5) is 0 Å². The Morgan fingerprint density at radius 1 is 0.237 bits per heavy atom. The van der Waals surface area contributed by atoms with Crippen LogP contribution in [0.1, 0.15) is 0 Å². The second-order valence-electron chi connectivity index (χ2n) is 19.8. The third-order valence-corrected chi connectivity index (χ3v) is 26.3. The second-order valence-corrected chi connectivity index (χ2v) is 27.3. The number of aromatic nitrogens is 5. The molecule has 15 rings (SSSR count). The van der Waals surface area contributed by atoms with Crippen molar-refractivity contribution in [3.63, 3.8) is 0 Å². The van der Waals surface area contributed by atoms with Gasteiger partial charge >= 0.3 is 0 Å². The van der Waals surface area contributed by atoms with Crippen LogP contribution in [0.3, 0.4) is 0 Å². The van der Waals surface area contributed by atoms with E-state index < -0.39 is 16.1 Å². The molecule has 5 nitrogen and oxygen atoms in total. The van der Waals surface area contributed by atoms with Crippen LogP contribution >= 0.6 is 0 Å². The summed E-state index contributed by atoms with van der Waals surface area (Å²) in [4.78, 5) is 16.6. The summed E-state index contributed by atoms with van der Waals surface area (Å²) in [5.41, 5.74) is 7.26. The Morgan fingerprint density at radius 2 is 0.592 bits per heavy atom. The number of para-hydroxylation sites is 3. The lowest BCUT2D eigenvalue weighted by atomic mass is 10.0. The van der Waals surface area contributed by atoms with E-state index in [2.05, 4.69) is 294 Å². The minimum atomic E-state index is -3.17. The summed E-state index contributed by atoms with van der Waals surface area (Å²) in [7, 11) is -6.09. The molecular formula is C69H47N5Si2. The van der Waals surface area contributed by atoms with Gasteiger partial charge in [-0.2, -0.15) is 15.0 Å². The fourth-order valence-corrected chi connectivity index (χ4v) is 25.0. The van der Waals surface area contributed by atoms with Gasteiger partial charge in [0.15, 0.2) is 22.0 Å². The quantitative estimate of drug-likeness (QED) is 0.143. The normalized spacial score (nSPS) is 13.5. The molecule has 0 saturated carbocycles. The Labute approximate surface area is 442 Å². The number of nitrogens with zero attached hydrogens (tertiary/aromatic N) is 5. The van der Waals surface area contributed by atoms with Crippen molar-refractivity contribution in [3.8, 4) is 34.4 Å². The van der Waals surface area contributed by atoms with Crippen LogP contribution in [-0.2, 0) is 0 Å². The predicted octanol–water partition coefficient (Wildman–Crippen LogP) is 10.5. The highest BCUT2D eigenvalue weighted by Crippen LogP contribution is 2.35. The highest BCUT2D eigenvalue weighted by molar-refractivity contribution is 7.33. The molecule has 0 fully saturated rings. The third-order valence-electron chi connectivity index (χ3n) is 16.0. The lowest BCUT2D eigenvalue weighted by Gasteiger charge is -2.48. The highest BCUT2D eigenvalue weighted by Gasteiger charge is 2.56. The van der Waals surface area contributed by atoms with Crippen molar-refractivity contribution in [2.45, 2.75) is 0 Å². The van der Waals surface area contributed by atoms with Gasteiger partial charge in [0.05, 0.1) is 22.1 Å². The molecule has 0 saturated heterocycles. The Balaban J connectivity index is 1.05. The molecule has 0 amide bonds. The van der Waals surface area contributed by atoms with Crippen LogP contribution in [0.15, 0.2) is 285 Å². The second kappa shape index (κ2) is 17.6. The van der Waals surface area contributed by atoms with Crippen molar-refractivity contribution >= 4 is 101 Å². The number of rotatable bonds is 8. The zero-order valence-corrected chi connectivity index (χ0v) is 43.4. The van der Waals surface area contributed by atoms with Gasteiger partial charge in [0.2, 0.25) is 11.9 Å². The van der Waals surface area contributed by atoms with Crippen LogP contribution in [0.2, 0.25) is 0 Å². The fraction of sp³-hybridized carbons (Fsp3) is 0. The molecule has 0 unspecified atom stereocenters. The molecule has 356 valence electrons. The van der Waals surface area contributed by atoms with E-state index in [1.165, 1.54) is 41.5 Å². The number of hydrogen-bond donors (Lipinski definition) is 0. The minimum absolute atomic E-state index is 0.551. The maximum atomic E-state index is 5.62. The van der Waals surface area contributed by atoms with Crippen LogP contribution in [0.25, 0.3) is 78.0 Å². The van der Waals surface area contributed by atoms with Gasteiger partial charge in [0.1, 0.15) is 0 Å². The third kappa shape index (κ3) is 6.46. The molecule has 0 aliphatic carbocycles. The largest absolute Gasteiger partial charge is 0.278 e. The maximum absolute atomic E-state index is 5.62. The zero-order chi connectivity index (χ0) is 50.2. The van der Waals surface area contributed by atoms with Crippen molar-refractivity contribution in [1.82, 2.24) is 24.1 Å². The van der Waals surface area contributed by atoms with E-state index in [4.69, 9.17) is 15.0 Å². The molecule has 11 aromatic carbocycles. The van der Waals surface area contributed by atoms with Gasteiger partial charge in [-0.05, 0) is 83.0 Å². The first-order valence-corrected chi connectivity index (χ1v) is 30.0. The Hall–Kier alpha value is -9.54. The van der Waals surface area contributed by atoms with Gasteiger partial charge in [-0.3, -0.25) is 9.13 Å². The molecule has 14 aromatic rings. The molecule has 0 spiro atoms. The minimum Gasteiger partial charge on any atom is -0.278 e. The van der Waals surface area contributed by atoms with Gasteiger partial charge in [-0.15, -0.1) is 0 Å². The topological polar surface area (TPSA) is 48.5 Å². The summed E-state index contributed by atoms with van der Waals surface area (Å²) in [6.45, 7) is 0. The summed E-state index contributed by atoms with van der Waals surface area (Å²) >= 11 is 0. The molecule has 0 bridgehead atoms. The molecule has 1 aliphatic heterocycles. The van der Waals surface area contributed by atoms with Crippen LogP contribution < -0.4 is 41.5 Å². The highest BCUT2D eigenvalue weighted by atomic mass is 28.3. The lowest BCUT2D eigenvalue weighted by molar-refractivity contribution is 0.893. The van der Waals surface area contributed by atoms with Crippen molar-refractivity contribution < 1.29 is 0 Å². The van der Waals surface area contributed by atoms with E-state index in [-0.39, 0.29) is 0 Å². The first-order chi connectivity index (χ1) is 37.7. The van der Waals surface area contributed by atoms with Crippen molar-refractivity contribution in [2.24, 2.45) is 0 Å². The molecule has 76 heavy (non-hydrogen) atoms. The van der Waals surface area contributed by atoms with E-state index in [1.54, 1.807) is 0 Å². The molecule has 7 heteroatoms. The molecule has 0 N–H and O–H groups in total. The van der Waals surface area contributed by atoms with Gasteiger partial charge < -0.3 is 0 Å². The average Bonchev–Trinajstić information content (AvgIpc) is 4.03. The van der Waals surface area contributed by atoms with Gasteiger partial charge in [-0.25, -0.2) is 0 Å². The zero-order valence-electron chi connectivity index (χ0n) is 41.4. The molecule has 0 atom stereocenters. The molecule has 3 aromatic heterocycles. The van der Waals surface area contributed by atoms with Crippen LogP contribution in [0.5, 0.6) is 0 Å².